The number of fused-ring (bicyclic) bond motifs is 1. The van der Waals surface area contributed by atoms with E-state index in [9.17, 15) is 0 Å². The Bertz CT molecular complexity index is 536. The molecule has 2 aromatic carbocycles. The van der Waals surface area contributed by atoms with Gasteiger partial charge in [0, 0.05) is 12.1 Å². The number of hydrogen-bond donors (Lipinski definition) is 1. The molecule has 0 heterocycles. The zero-order chi connectivity index (χ0) is 14.2. The van der Waals surface area contributed by atoms with Crippen LogP contribution >= 0.6 is 0 Å². The SMILES string of the molecule is CCCCOc1ccc2ccccc2c1CNCCC. The van der Waals surface area contributed by atoms with Crippen LogP contribution in [0.1, 0.15) is 38.7 Å². The van der Waals surface area contributed by atoms with Gasteiger partial charge in [0.2, 0.25) is 0 Å². The molecule has 0 aromatic heterocycles. The molecule has 2 aromatic rings. The maximum Gasteiger partial charge on any atom is 0.124 e. The van der Waals surface area contributed by atoms with Gasteiger partial charge in [0.15, 0.2) is 0 Å². The second-order valence-electron chi connectivity index (χ2n) is 5.14. The van der Waals surface area contributed by atoms with Gasteiger partial charge in [-0.05, 0) is 36.2 Å². The predicted molar refractivity (Wildman–Crippen MR) is 86.3 cm³/mol. The van der Waals surface area contributed by atoms with E-state index in [1.807, 2.05) is 0 Å². The van der Waals surface area contributed by atoms with Crippen LogP contribution in [0.2, 0.25) is 0 Å². The fraction of sp³-hybridized carbons (Fsp3) is 0.444. The number of ether oxygens (including phenoxy) is 1. The van der Waals surface area contributed by atoms with E-state index in [0.717, 1.165) is 44.7 Å². The van der Waals surface area contributed by atoms with Crippen LogP contribution in [0.3, 0.4) is 0 Å². The van der Waals surface area contributed by atoms with E-state index in [-0.39, 0.29) is 0 Å². The lowest BCUT2D eigenvalue weighted by Crippen LogP contribution is -2.15. The third-order valence-electron chi connectivity index (χ3n) is 3.48. The minimum absolute atomic E-state index is 0.801. The average molecular weight is 271 g/mol. The van der Waals surface area contributed by atoms with Gasteiger partial charge in [-0.2, -0.15) is 0 Å². The van der Waals surface area contributed by atoms with E-state index >= 15 is 0 Å². The molecule has 0 amide bonds. The lowest BCUT2D eigenvalue weighted by molar-refractivity contribution is 0.306. The largest absolute Gasteiger partial charge is 0.493 e. The van der Waals surface area contributed by atoms with Crippen LogP contribution in [0.4, 0.5) is 0 Å². The zero-order valence-electron chi connectivity index (χ0n) is 12.6. The molecule has 0 atom stereocenters. The van der Waals surface area contributed by atoms with Crippen LogP contribution < -0.4 is 10.1 Å². The Kier molecular flexibility index (Phi) is 5.87. The van der Waals surface area contributed by atoms with E-state index in [4.69, 9.17) is 4.74 Å². The molecule has 1 N–H and O–H groups in total. The molecule has 0 aliphatic rings. The van der Waals surface area contributed by atoms with E-state index < -0.39 is 0 Å². The maximum absolute atomic E-state index is 5.98. The molecule has 2 nitrogen and oxygen atoms in total. The zero-order valence-corrected chi connectivity index (χ0v) is 12.6. The molecular weight excluding hydrogens is 246 g/mol. The number of hydrogen-bond acceptors (Lipinski definition) is 2. The van der Waals surface area contributed by atoms with E-state index in [2.05, 4.69) is 55.6 Å². The lowest BCUT2D eigenvalue weighted by Gasteiger charge is -2.15. The summed E-state index contributed by atoms with van der Waals surface area (Å²) in [6.07, 6.45) is 3.42. The highest BCUT2D eigenvalue weighted by Gasteiger charge is 2.08. The first-order chi connectivity index (χ1) is 9.86. The molecule has 0 radical (unpaired) electrons. The summed E-state index contributed by atoms with van der Waals surface area (Å²) in [6.45, 7) is 7.09. The average Bonchev–Trinajstić information content (AvgIpc) is 2.49. The molecule has 108 valence electrons. The summed E-state index contributed by atoms with van der Waals surface area (Å²) in [6, 6.07) is 12.8. The summed E-state index contributed by atoms with van der Waals surface area (Å²) in [5.74, 6) is 1.03. The van der Waals surface area contributed by atoms with Crippen LogP contribution in [-0.4, -0.2) is 13.2 Å². The summed E-state index contributed by atoms with van der Waals surface area (Å²) in [7, 11) is 0. The van der Waals surface area contributed by atoms with Crippen molar-refractivity contribution < 1.29 is 4.74 Å². The van der Waals surface area contributed by atoms with Crippen molar-refractivity contribution in [3.8, 4) is 5.75 Å². The molecule has 0 saturated carbocycles. The summed E-state index contributed by atoms with van der Waals surface area (Å²) in [4.78, 5) is 0. The van der Waals surface area contributed by atoms with Crippen LogP contribution in [0.25, 0.3) is 10.8 Å². The highest BCUT2D eigenvalue weighted by atomic mass is 16.5. The quantitative estimate of drug-likeness (QED) is 0.713. The fourth-order valence-corrected chi connectivity index (χ4v) is 2.35. The highest BCUT2D eigenvalue weighted by molar-refractivity contribution is 5.87. The van der Waals surface area contributed by atoms with E-state index in [0.29, 0.717) is 0 Å². The van der Waals surface area contributed by atoms with Crippen molar-refractivity contribution in [2.75, 3.05) is 13.2 Å². The molecule has 0 saturated heterocycles. The minimum Gasteiger partial charge on any atom is -0.493 e. The Morgan fingerprint density at radius 2 is 1.85 bits per heavy atom. The molecular formula is C18H25NO. The molecule has 20 heavy (non-hydrogen) atoms. The Balaban J connectivity index is 2.26. The minimum atomic E-state index is 0.801. The fourth-order valence-electron chi connectivity index (χ4n) is 2.35. The van der Waals surface area contributed by atoms with Crippen molar-refractivity contribution in [3.63, 3.8) is 0 Å². The van der Waals surface area contributed by atoms with Crippen molar-refractivity contribution in [2.24, 2.45) is 0 Å². The van der Waals surface area contributed by atoms with Gasteiger partial charge in [-0.25, -0.2) is 0 Å². The normalized spacial score (nSPS) is 10.9. The monoisotopic (exact) mass is 271 g/mol. The third-order valence-corrected chi connectivity index (χ3v) is 3.48. The molecule has 2 rings (SSSR count). The molecule has 0 bridgehead atoms. The van der Waals surface area contributed by atoms with Crippen LogP contribution in [0, 0.1) is 0 Å². The standard InChI is InChI=1S/C18H25NO/c1-3-5-13-20-18-11-10-15-8-6-7-9-16(15)17(18)14-19-12-4-2/h6-11,19H,3-5,12-14H2,1-2H3. The third kappa shape index (κ3) is 3.73. The summed E-state index contributed by atoms with van der Waals surface area (Å²) in [5, 5.41) is 6.07. The van der Waals surface area contributed by atoms with Crippen LogP contribution in [-0.2, 0) is 6.54 Å². The number of unbranched alkanes of at least 4 members (excludes halogenated alkanes) is 1. The van der Waals surface area contributed by atoms with Gasteiger partial charge in [-0.3, -0.25) is 0 Å². The Labute approximate surface area is 122 Å². The van der Waals surface area contributed by atoms with E-state index in [1.54, 1.807) is 0 Å². The Morgan fingerprint density at radius 3 is 2.65 bits per heavy atom. The molecule has 2 heteroatoms. The maximum atomic E-state index is 5.98. The first-order valence-corrected chi connectivity index (χ1v) is 7.71. The van der Waals surface area contributed by atoms with Crippen molar-refractivity contribution in [2.45, 2.75) is 39.7 Å². The van der Waals surface area contributed by atoms with Gasteiger partial charge < -0.3 is 10.1 Å². The summed E-state index contributed by atoms with van der Waals surface area (Å²) < 4.78 is 5.98. The number of nitrogens with one attached hydrogen (secondary N) is 1. The first-order valence-electron chi connectivity index (χ1n) is 7.71. The van der Waals surface area contributed by atoms with Crippen LogP contribution in [0.5, 0.6) is 5.75 Å². The first kappa shape index (κ1) is 14.9. The molecule has 0 spiro atoms. The second-order valence-corrected chi connectivity index (χ2v) is 5.14. The van der Waals surface area contributed by atoms with Crippen LogP contribution in [0.15, 0.2) is 36.4 Å². The predicted octanol–water partition coefficient (Wildman–Crippen LogP) is 4.52. The molecule has 0 unspecified atom stereocenters. The Hall–Kier alpha value is -1.54. The smallest absolute Gasteiger partial charge is 0.124 e. The van der Waals surface area contributed by atoms with Gasteiger partial charge in [0.1, 0.15) is 5.75 Å². The second kappa shape index (κ2) is 7.91. The van der Waals surface area contributed by atoms with Crippen molar-refractivity contribution in [3.05, 3.63) is 42.0 Å². The van der Waals surface area contributed by atoms with Gasteiger partial charge >= 0.3 is 0 Å². The lowest BCUT2D eigenvalue weighted by atomic mass is 10.0. The highest BCUT2D eigenvalue weighted by Crippen LogP contribution is 2.28. The van der Waals surface area contributed by atoms with Gasteiger partial charge in [0.25, 0.3) is 0 Å². The van der Waals surface area contributed by atoms with Crippen molar-refractivity contribution >= 4 is 10.8 Å². The van der Waals surface area contributed by atoms with Gasteiger partial charge in [-0.1, -0.05) is 50.6 Å². The van der Waals surface area contributed by atoms with Crippen molar-refractivity contribution in [1.29, 1.82) is 0 Å². The number of benzene rings is 2. The van der Waals surface area contributed by atoms with E-state index in [1.165, 1.54) is 16.3 Å². The van der Waals surface area contributed by atoms with Gasteiger partial charge in [-0.15, -0.1) is 0 Å². The van der Waals surface area contributed by atoms with Gasteiger partial charge in [0.05, 0.1) is 6.61 Å². The van der Waals surface area contributed by atoms with Crippen molar-refractivity contribution in [1.82, 2.24) is 5.32 Å². The molecule has 0 aliphatic carbocycles. The number of rotatable bonds is 8. The molecule has 0 aliphatic heterocycles. The summed E-state index contributed by atoms with van der Waals surface area (Å²) in [5.41, 5.74) is 1.28. The topological polar surface area (TPSA) is 21.3 Å². The summed E-state index contributed by atoms with van der Waals surface area (Å²) >= 11 is 0. The molecule has 0 fully saturated rings. The Morgan fingerprint density at radius 1 is 1.00 bits per heavy atom.